The SMILES string of the molecule is COc1cc(OC)c(/C=N\NC(=O)Cn2nnc(N)n2)cc1Br. The normalized spacial score (nSPS) is 10.7. The molecule has 122 valence electrons. The average Bonchev–Trinajstić information content (AvgIpc) is 2.92. The number of hydrazone groups is 1. The highest BCUT2D eigenvalue weighted by Crippen LogP contribution is 2.31. The topological polar surface area (TPSA) is 130 Å². The Morgan fingerprint density at radius 3 is 2.78 bits per heavy atom. The highest BCUT2D eigenvalue weighted by atomic mass is 79.9. The molecule has 0 fully saturated rings. The number of aromatic nitrogens is 4. The number of benzene rings is 1. The Hall–Kier alpha value is -2.69. The molecule has 1 amide bonds. The summed E-state index contributed by atoms with van der Waals surface area (Å²) < 4.78 is 11.2. The van der Waals surface area contributed by atoms with E-state index in [0.717, 1.165) is 9.27 Å². The first-order chi connectivity index (χ1) is 11.0. The highest BCUT2D eigenvalue weighted by Gasteiger charge is 2.09. The molecule has 2 aromatic rings. The zero-order chi connectivity index (χ0) is 16.8. The minimum absolute atomic E-state index is 0.00544. The van der Waals surface area contributed by atoms with Crippen LogP contribution in [0.1, 0.15) is 5.56 Å². The number of hydrogen-bond donors (Lipinski definition) is 2. The van der Waals surface area contributed by atoms with Gasteiger partial charge < -0.3 is 15.2 Å². The number of hydrogen-bond acceptors (Lipinski definition) is 8. The molecule has 0 aliphatic rings. The molecule has 0 atom stereocenters. The van der Waals surface area contributed by atoms with E-state index in [9.17, 15) is 4.79 Å². The van der Waals surface area contributed by atoms with E-state index in [4.69, 9.17) is 15.2 Å². The van der Waals surface area contributed by atoms with Gasteiger partial charge in [0.15, 0.2) is 0 Å². The van der Waals surface area contributed by atoms with E-state index in [1.54, 1.807) is 19.2 Å². The van der Waals surface area contributed by atoms with Gasteiger partial charge >= 0.3 is 0 Å². The quantitative estimate of drug-likeness (QED) is 0.537. The largest absolute Gasteiger partial charge is 0.496 e. The number of nitrogens with one attached hydrogen (secondary N) is 1. The monoisotopic (exact) mass is 383 g/mol. The molecule has 0 spiro atoms. The number of carbonyl (C=O) groups is 1. The van der Waals surface area contributed by atoms with Gasteiger partial charge in [-0.1, -0.05) is 5.10 Å². The van der Waals surface area contributed by atoms with Crippen molar-refractivity contribution >= 4 is 34.0 Å². The van der Waals surface area contributed by atoms with Crippen molar-refractivity contribution in [1.82, 2.24) is 25.6 Å². The molecule has 1 heterocycles. The van der Waals surface area contributed by atoms with Crippen LogP contribution in [0.15, 0.2) is 21.7 Å². The molecule has 2 rings (SSSR count). The van der Waals surface area contributed by atoms with E-state index in [1.807, 2.05) is 0 Å². The number of amides is 1. The fourth-order valence-electron chi connectivity index (χ4n) is 1.64. The van der Waals surface area contributed by atoms with Crippen molar-refractivity contribution in [1.29, 1.82) is 0 Å². The van der Waals surface area contributed by atoms with Crippen LogP contribution in [0.2, 0.25) is 0 Å². The number of ether oxygens (including phenoxy) is 2. The lowest BCUT2D eigenvalue weighted by Crippen LogP contribution is -2.24. The number of nitrogens with two attached hydrogens (primary N) is 1. The first kappa shape index (κ1) is 16.7. The van der Waals surface area contributed by atoms with E-state index in [0.29, 0.717) is 17.1 Å². The molecular formula is C12H14BrN7O3. The smallest absolute Gasteiger partial charge is 0.263 e. The average molecular weight is 384 g/mol. The fraction of sp³-hybridized carbons (Fsp3) is 0.250. The Morgan fingerprint density at radius 1 is 1.43 bits per heavy atom. The van der Waals surface area contributed by atoms with E-state index in [-0.39, 0.29) is 12.5 Å². The predicted molar refractivity (Wildman–Crippen MR) is 85.2 cm³/mol. The molecule has 3 N–H and O–H groups in total. The lowest BCUT2D eigenvalue weighted by atomic mass is 10.2. The second kappa shape index (κ2) is 7.54. The van der Waals surface area contributed by atoms with Gasteiger partial charge in [-0.15, -0.1) is 5.10 Å². The summed E-state index contributed by atoms with van der Waals surface area (Å²) in [7, 11) is 3.08. The van der Waals surface area contributed by atoms with Gasteiger partial charge in [-0.2, -0.15) is 9.90 Å². The maximum absolute atomic E-state index is 11.7. The third-order valence-electron chi connectivity index (χ3n) is 2.65. The zero-order valence-electron chi connectivity index (χ0n) is 12.4. The Kier molecular flexibility index (Phi) is 5.46. The lowest BCUT2D eigenvalue weighted by molar-refractivity contribution is -0.122. The highest BCUT2D eigenvalue weighted by molar-refractivity contribution is 9.10. The summed E-state index contributed by atoms with van der Waals surface area (Å²) in [6.07, 6.45) is 1.45. The van der Waals surface area contributed by atoms with Crippen LogP contribution in [0.25, 0.3) is 0 Å². The summed E-state index contributed by atoms with van der Waals surface area (Å²) in [5.41, 5.74) is 8.31. The standard InChI is InChI=1S/C12H14BrN7O3/c1-22-9-4-10(23-2)8(13)3-7(9)5-15-16-11(21)6-20-18-12(14)17-19-20/h3-5H,6H2,1-2H3,(H2,14,18)(H,16,21)/b15-5-. The lowest BCUT2D eigenvalue weighted by Gasteiger charge is -2.09. The van der Waals surface area contributed by atoms with Crippen molar-refractivity contribution in [2.75, 3.05) is 20.0 Å². The van der Waals surface area contributed by atoms with Crippen molar-refractivity contribution in [3.63, 3.8) is 0 Å². The number of nitrogens with zero attached hydrogens (tertiary/aromatic N) is 5. The van der Waals surface area contributed by atoms with Crippen LogP contribution in [0, 0.1) is 0 Å². The second-order valence-electron chi connectivity index (χ2n) is 4.20. The number of halogens is 1. The van der Waals surface area contributed by atoms with Gasteiger partial charge in [0.05, 0.1) is 24.9 Å². The molecule has 0 aliphatic carbocycles. The van der Waals surface area contributed by atoms with Crippen LogP contribution in [-0.4, -0.2) is 46.5 Å². The summed E-state index contributed by atoms with van der Waals surface area (Å²) in [6.45, 7) is -0.148. The molecule has 0 bridgehead atoms. The summed E-state index contributed by atoms with van der Waals surface area (Å²) in [5.74, 6) is 0.742. The van der Waals surface area contributed by atoms with Gasteiger partial charge in [0.1, 0.15) is 18.0 Å². The van der Waals surface area contributed by atoms with Gasteiger partial charge in [-0.25, -0.2) is 5.43 Å². The molecule has 0 radical (unpaired) electrons. The van der Waals surface area contributed by atoms with E-state index in [2.05, 4.69) is 41.9 Å². The molecule has 1 aromatic carbocycles. The van der Waals surface area contributed by atoms with E-state index >= 15 is 0 Å². The maximum Gasteiger partial charge on any atom is 0.263 e. The van der Waals surface area contributed by atoms with Gasteiger partial charge in [-0.05, 0) is 27.2 Å². The van der Waals surface area contributed by atoms with Gasteiger partial charge in [0.2, 0.25) is 0 Å². The first-order valence-corrected chi connectivity index (χ1v) is 7.09. The minimum Gasteiger partial charge on any atom is -0.496 e. The van der Waals surface area contributed by atoms with E-state index < -0.39 is 5.91 Å². The Morgan fingerprint density at radius 2 is 2.17 bits per heavy atom. The van der Waals surface area contributed by atoms with Gasteiger partial charge in [0, 0.05) is 11.6 Å². The van der Waals surface area contributed by atoms with E-state index in [1.165, 1.54) is 13.3 Å². The first-order valence-electron chi connectivity index (χ1n) is 6.30. The van der Waals surface area contributed by atoms with Crippen LogP contribution in [0.4, 0.5) is 5.95 Å². The van der Waals surface area contributed by atoms with Crippen molar-refractivity contribution in [2.45, 2.75) is 6.54 Å². The third-order valence-corrected chi connectivity index (χ3v) is 3.27. The number of anilines is 1. The van der Waals surface area contributed by atoms with Crippen molar-refractivity contribution < 1.29 is 14.3 Å². The minimum atomic E-state index is -0.426. The molecule has 0 saturated carbocycles. The zero-order valence-corrected chi connectivity index (χ0v) is 13.9. The number of methoxy groups -OCH3 is 2. The molecule has 11 heteroatoms. The summed E-state index contributed by atoms with van der Waals surface area (Å²) >= 11 is 3.37. The number of nitrogen functional groups attached to an aromatic ring is 1. The predicted octanol–water partition coefficient (Wildman–Crippen LogP) is 0.185. The second-order valence-corrected chi connectivity index (χ2v) is 5.05. The van der Waals surface area contributed by atoms with Gasteiger partial charge in [-0.3, -0.25) is 4.79 Å². The van der Waals surface area contributed by atoms with Gasteiger partial charge in [0.25, 0.3) is 11.9 Å². The summed E-state index contributed by atoms with van der Waals surface area (Å²) in [4.78, 5) is 12.7. The maximum atomic E-state index is 11.7. The van der Waals surface area contributed by atoms with Crippen LogP contribution < -0.4 is 20.6 Å². The summed E-state index contributed by atoms with van der Waals surface area (Å²) in [6, 6.07) is 3.46. The van der Waals surface area contributed by atoms with Crippen molar-refractivity contribution in [3.8, 4) is 11.5 Å². The number of carbonyl (C=O) groups excluding carboxylic acids is 1. The van der Waals surface area contributed by atoms with Crippen LogP contribution >= 0.6 is 15.9 Å². The molecular weight excluding hydrogens is 370 g/mol. The molecule has 1 aromatic heterocycles. The van der Waals surface area contributed by atoms with Crippen LogP contribution in [-0.2, 0) is 11.3 Å². The number of tetrazole rings is 1. The third kappa shape index (κ3) is 4.39. The molecule has 0 aliphatic heterocycles. The Balaban J connectivity index is 2.02. The number of rotatable bonds is 6. The van der Waals surface area contributed by atoms with Crippen LogP contribution in [0.5, 0.6) is 11.5 Å². The van der Waals surface area contributed by atoms with Crippen LogP contribution in [0.3, 0.4) is 0 Å². The van der Waals surface area contributed by atoms with Crippen molar-refractivity contribution in [2.24, 2.45) is 5.10 Å². The molecule has 0 saturated heterocycles. The Labute approximate surface area is 139 Å². The molecule has 10 nitrogen and oxygen atoms in total. The summed E-state index contributed by atoms with van der Waals surface area (Å²) in [5, 5.41) is 14.6. The Bertz CT molecular complexity index is 731. The van der Waals surface area contributed by atoms with Crippen molar-refractivity contribution in [3.05, 3.63) is 22.2 Å². The fourth-order valence-corrected chi connectivity index (χ4v) is 2.17. The molecule has 0 unspecified atom stereocenters. The molecule has 23 heavy (non-hydrogen) atoms.